The minimum absolute atomic E-state index is 0.830. The standard InChI is InChI=1S/C6H8INO/c1-3-5-8-6(7)4(2)9-5/h3H2,1-2H3. The Labute approximate surface area is 67.8 Å². The van der Waals surface area contributed by atoms with Gasteiger partial charge >= 0.3 is 0 Å². The first-order valence-electron chi connectivity index (χ1n) is 2.86. The molecule has 50 valence electrons. The quantitative estimate of drug-likeness (QED) is 0.699. The summed E-state index contributed by atoms with van der Waals surface area (Å²) in [5.74, 6) is 1.75. The van der Waals surface area contributed by atoms with Crippen LogP contribution in [0.3, 0.4) is 0 Å². The van der Waals surface area contributed by atoms with E-state index in [1.54, 1.807) is 0 Å². The molecule has 9 heavy (non-hydrogen) atoms. The van der Waals surface area contributed by atoms with Gasteiger partial charge in [-0.15, -0.1) is 0 Å². The first-order chi connectivity index (χ1) is 4.24. The lowest BCUT2D eigenvalue weighted by atomic mass is 10.5. The first-order valence-corrected chi connectivity index (χ1v) is 3.93. The van der Waals surface area contributed by atoms with E-state index in [1.807, 2.05) is 13.8 Å². The van der Waals surface area contributed by atoms with Crippen molar-refractivity contribution < 1.29 is 4.42 Å². The fourth-order valence-corrected chi connectivity index (χ4v) is 0.960. The molecule has 0 aliphatic carbocycles. The molecule has 0 aliphatic heterocycles. The van der Waals surface area contributed by atoms with Crippen molar-refractivity contribution in [3.05, 3.63) is 15.4 Å². The molecular formula is C6H8INO. The summed E-state index contributed by atoms with van der Waals surface area (Å²) in [5.41, 5.74) is 0. The van der Waals surface area contributed by atoms with Gasteiger partial charge in [0.2, 0.25) is 0 Å². The van der Waals surface area contributed by atoms with Gasteiger partial charge in [-0.25, -0.2) is 4.98 Å². The molecule has 1 aromatic rings. The van der Waals surface area contributed by atoms with Gasteiger partial charge in [-0.3, -0.25) is 0 Å². The molecule has 3 heteroatoms. The minimum Gasteiger partial charge on any atom is -0.445 e. The summed E-state index contributed by atoms with van der Waals surface area (Å²) in [6, 6.07) is 0. The fraction of sp³-hybridized carbons (Fsp3) is 0.500. The zero-order chi connectivity index (χ0) is 6.85. The summed E-state index contributed by atoms with van der Waals surface area (Å²) >= 11 is 2.16. The van der Waals surface area contributed by atoms with Crippen LogP contribution in [0.2, 0.25) is 0 Å². The van der Waals surface area contributed by atoms with Crippen LogP contribution in [0.4, 0.5) is 0 Å². The third kappa shape index (κ3) is 1.44. The van der Waals surface area contributed by atoms with Crippen LogP contribution in [0.25, 0.3) is 0 Å². The molecule has 0 spiro atoms. The number of oxazole rings is 1. The predicted octanol–water partition coefficient (Wildman–Crippen LogP) is 2.15. The number of hydrogen-bond acceptors (Lipinski definition) is 2. The van der Waals surface area contributed by atoms with Crippen molar-refractivity contribution in [2.45, 2.75) is 20.3 Å². The summed E-state index contributed by atoms with van der Waals surface area (Å²) in [6.45, 7) is 3.95. The maximum atomic E-state index is 5.24. The highest BCUT2D eigenvalue weighted by atomic mass is 127. The summed E-state index contributed by atoms with van der Waals surface area (Å²) in [7, 11) is 0. The molecule has 0 fully saturated rings. The van der Waals surface area contributed by atoms with Crippen LogP contribution in [-0.2, 0) is 6.42 Å². The molecular weight excluding hydrogens is 229 g/mol. The molecule has 0 atom stereocenters. The first kappa shape index (κ1) is 7.05. The number of hydrogen-bond donors (Lipinski definition) is 0. The molecule has 0 N–H and O–H groups in total. The van der Waals surface area contributed by atoms with E-state index in [0.29, 0.717) is 0 Å². The van der Waals surface area contributed by atoms with E-state index in [4.69, 9.17) is 4.42 Å². The lowest BCUT2D eigenvalue weighted by Crippen LogP contribution is -1.76. The van der Waals surface area contributed by atoms with Gasteiger partial charge in [0.05, 0.1) is 0 Å². The van der Waals surface area contributed by atoms with Crippen LogP contribution < -0.4 is 0 Å². The van der Waals surface area contributed by atoms with Crippen molar-refractivity contribution in [2.75, 3.05) is 0 Å². The Kier molecular flexibility index (Phi) is 2.10. The monoisotopic (exact) mass is 237 g/mol. The van der Waals surface area contributed by atoms with Crippen molar-refractivity contribution in [1.82, 2.24) is 4.98 Å². The summed E-state index contributed by atoms with van der Waals surface area (Å²) < 4.78 is 6.22. The topological polar surface area (TPSA) is 26.0 Å². The van der Waals surface area contributed by atoms with E-state index in [2.05, 4.69) is 27.6 Å². The van der Waals surface area contributed by atoms with E-state index >= 15 is 0 Å². The lowest BCUT2D eigenvalue weighted by molar-refractivity contribution is 0.476. The van der Waals surface area contributed by atoms with Gasteiger partial charge in [-0.1, -0.05) is 6.92 Å². The number of rotatable bonds is 1. The second kappa shape index (κ2) is 2.68. The number of aryl methyl sites for hydroxylation is 2. The third-order valence-corrected chi connectivity index (χ3v) is 2.09. The normalized spacial score (nSPS) is 10.1. The molecule has 0 unspecified atom stereocenters. The number of nitrogens with zero attached hydrogens (tertiary/aromatic N) is 1. The Balaban J connectivity index is 2.98. The Morgan fingerprint density at radius 1 is 1.67 bits per heavy atom. The molecule has 0 saturated heterocycles. The van der Waals surface area contributed by atoms with Crippen molar-refractivity contribution in [3.8, 4) is 0 Å². The lowest BCUT2D eigenvalue weighted by Gasteiger charge is -1.80. The van der Waals surface area contributed by atoms with Crippen molar-refractivity contribution in [2.24, 2.45) is 0 Å². The molecule has 1 rings (SSSR count). The molecule has 0 radical (unpaired) electrons. The van der Waals surface area contributed by atoms with Crippen LogP contribution in [0, 0.1) is 10.6 Å². The molecule has 2 nitrogen and oxygen atoms in total. The largest absolute Gasteiger partial charge is 0.445 e. The van der Waals surface area contributed by atoms with Crippen LogP contribution >= 0.6 is 22.6 Å². The molecule has 0 aromatic carbocycles. The van der Waals surface area contributed by atoms with Gasteiger partial charge in [0.1, 0.15) is 9.46 Å². The Morgan fingerprint density at radius 2 is 2.33 bits per heavy atom. The summed E-state index contributed by atoms with van der Waals surface area (Å²) in [4.78, 5) is 4.15. The SMILES string of the molecule is CCc1nc(I)c(C)o1. The molecule has 0 bridgehead atoms. The van der Waals surface area contributed by atoms with Crippen LogP contribution in [-0.4, -0.2) is 4.98 Å². The highest BCUT2D eigenvalue weighted by Crippen LogP contribution is 2.11. The zero-order valence-corrected chi connectivity index (χ0v) is 7.60. The van der Waals surface area contributed by atoms with Gasteiger partial charge in [0.15, 0.2) is 5.89 Å². The average Bonchev–Trinajstić information content (AvgIpc) is 2.13. The van der Waals surface area contributed by atoms with Gasteiger partial charge in [0.25, 0.3) is 0 Å². The van der Waals surface area contributed by atoms with Crippen molar-refractivity contribution >= 4 is 22.6 Å². The maximum Gasteiger partial charge on any atom is 0.195 e. The maximum absolute atomic E-state index is 5.24. The fourth-order valence-electron chi connectivity index (χ4n) is 0.581. The van der Waals surface area contributed by atoms with Gasteiger partial charge < -0.3 is 4.42 Å². The average molecular weight is 237 g/mol. The van der Waals surface area contributed by atoms with E-state index in [1.165, 1.54) is 0 Å². The van der Waals surface area contributed by atoms with E-state index < -0.39 is 0 Å². The van der Waals surface area contributed by atoms with Gasteiger partial charge in [-0.05, 0) is 29.5 Å². The second-order valence-electron chi connectivity index (χ2n) is 1.81. The molecule has 0 amide bonds. The van der Waals surface area contributed by atoms with Crippen molar-refractivity contribution in [1.29, 1.82) is 0 Å². The molecule has 1 aromatic heterocycles. The molecule has 0 aliphatic rings. The number of aromatic nitrogens is 1. The summed E-state index contributed by atoms with van der Waals surface area (Å²) in [6.07, 6.45) is 0.879. The predicted molar refractivity (Wildman–Crippen MR) is 43.3 cm³/mol. The van der Waals surface area contributed by atoms with Gasteiger partial charge in [-0.2, -0.15) is 0 Å². The second-order valence-corrected chi connectivity index (χ2v) is 2.83. The van der Waals surface area contributed by atoms with Crippen LogP contribution in [0.5, 0.6) is 0 Å². The number of halogens is 1. The minimum atomic E-state index is 0.830. The Bertz CT molecular complexity index is 187. The zero-order valence-electron chi connectivity index (χ0n) is 5.44. The Morgan fingerprint density at radius 3 is 2.56 bits per heavy atom. The molecule has 1 heterocycles. The highest BCUT2D eigenvalue weighted by molar-refractivity contribution is 14.1. The third-order valence-electron chi connectivity index (χ3n) is 1.09. The van der Waals surface area contributed by atoms with Gasteiger partial charge in [0, 0.05) is 6.42 Å². The summed E-state index contributed by atoms with van der Waals surface area (Å²) in [5, 5.41) is 0. The van der Waals surface area contributed by atoms with E-state index in [0.717, 1.165) is 21.8 Å². The molecule has 0 saturated carbocycles. The van der Waals surface area contributed by atoms with Crippen LogP contribution in [0.15, 0.2) is 4.42 Å². The van der Waals surface area contributed by atoms with Crippen LogP contribution in [0.1, 0.15) is 18.6 Å². The van der Waals surface area contributed by atoms with E-state index in [-0.39, 0.29) is 0 Å². The Hall–Kier alpha value is -0.0600. The smallest absolute Gasteiger partial charge is 0.195 e. The van der Waals surface area contributed by atoms with Crippen molar-refractivity contribution in [3.63, 3.8) is 0 Å². The highest BCUT2D eigenvalue weighted by Gasteiger charge is 2.02. The van der Waals surface area contributed by atoms with E-state index in [9.17, 15) is 0 Å².